The van der Waals surface area contributed by atoms with E-state index in [9.17, 15) is 39.5 Å². The van der Waals surface area contributed by atoms with E-state index in [1.165, 1.54) is 5.32 Å². The number of nitrogens with zero attached hydrogens (tertiary/aromatic N) is 2. The molecule has 4 nitrogen and oxygen atoms in total. The Morgan fingerprint density at radius 1 is 0.944 bits per heavy atom. The number of fused-ring (bicyclic) bond motifs is 1. The summed E-state index contributed by atoms with van der Waals surface area (Å²) >= 11 is 12.2. The SMILES string of the molecule is CC(C)C1CCC2N=C(C(F)(F)F)NC(C(F)(F)F)=C2C(=N)N(c2c(Cl)cc(C(F)(F)F)cc2Cl)C1. The summed E-state index contributed by atoms with van der Waals surface area (Å²) in [5, 5.41) is 8.72. The summed E-state index contributed by atoms with van der Waals surface area (Å²) in [5.41, 5.74) is -4.29. The van der Waals surface area contributed by atoms with E-state index in [4.69, 9.17) is 28.6 Å². The average molecular weight is 569 g/mol. The predicted octanol–water partition coefficient (Wildman–Crippen LogP) is 7.61. The van der Waals surface area contributed by atoms with Crippen LogP contribution in [-0.2, 0) is 6.18 Å². The lowest BCUT2D eigenvalue weighted by Gasteiger charge is -2.40. The Labute approximate surface area is 209 Å². The van der Waals surface area contributed by atoms with Gasteiger partial charge in [-0.2, -0.15) is 39.5 Å². The van der Waals surface area contributed by atoms with Gasteiger partial charge in [0, 0.05) is 12.1 Å². The molecule has 1 aromatic carbocycles. The number of aliphatic imine (C=N–C) groups is 1. The van der Waals surface area contributed by atoms with Gasteiger partial charge in [0.25, 0.3) is 0 Å². The molecular formula is C21H19Cl2F9N4. The van der Waals surface area contributed by atoms with Crippen LogP contribution < -0.4 is 10.2 Å². The van der Waals surface area contributed by atoms with Crippen molar-refractivity contribution in [1.29, 1.82) is 5.41 Å². The lowest BCUT2D eigenvalue weighted by Crippen LogP contribution is -2.51. The maximum atomic E-state index is 13.9. The molecule has 2 heterocycles. The van der Waals surface area contributed by atoms with Crippen molar-refractivity contribution in [2.45, 2.75) is 51.3 Å². The standard InChI is InChI=1S/C21H19Cl2F9N4/c1-8(2)9-3-4-13-14(16(20(27,28)29)35-18(34-13)21(30,31)32)17(33)36(7-9)15-11(22)5-10(6-12(15)23)19(24,25)26/h5-6,8-9,13,33H,3-4,7H2,1-2H3,(H,34,35). The summed E-state index contributed by atoms with van der Waals surface area (Å²) in [6.45, 7) is 3.35. The maximum Gasteiger partial charge on any atom is 0.449 e. The van der Waals surface area contributed by atoms with Crippen molar-refractivity contribution >= 4 is 40.6 Å². The highest BCUT2D eigenvalue weighted by Gasteiger charge is 2.49. The topological polar surface area (TPSA) is 51.5 Å². The molecule has 0 saturated carbocycles. The van der Waals surface area contributed by atoms with Crippen molar-refractivity contribution < 1.29 is 39.5 Å². The molecule has 2 N–H and O–H groups in total. The molecule has 200 valence electrons. The first-order valence-corrected chi connectivity index (χ1v) is 11.2. The first-order chi connectivity index (χ1) is 16.3. The molecule has 0 radical (unpaired) electrons. The van der Waals surface area contributed by atoms with E-state index >= 15 is 0 Å². The number of benzene rings is 1. The lowest BCUT2D eigenvalue weighted by atomic mass is 9.84. The van der Waals surface area contributed by atoms with E-state index in [0.717, 1.165) is 4.90 Å². The number of alkyl halides is 9. The van der Waals surface area contributed by atoms with Gasteiger partial charge in [-0.3, -0.25) is 10.4 Å². The summed E-state index contributed by atoms with van der Waals surface area (Å²) in [7, 11) is 0. The first-order valence-electron chi connectivity index (χ1n) is 10.5. The van der Waals surface area contributed by atoms with Crippen molar-refractivity contribution in [3.05, 3.63) is 39.0 Å². The average Bonchev–Trinajstić information content (AvgIpc) is 2.70. The Balaban J connectivity index is 2.25. The second-order valence-corrected chi connectivity index (χ2v) is 9.54. The highest BCUT2D eigenvalue weighted by molar-refractivity contribution is 6.40. The van der Waals surface area contributed by atoms with Gasteiger partial charge < -0.3 is 10.2 Å². The van der Waals surface area contributed by atoms with Crippen LogP contribution in [0.15, 0.2) is 28.4 Å². The molecule has 2 unspecified atom stereocenters. The van der Waals surface area contributed by atoms with Crippen LogP contribution >= 0.6 is 23.2 Å². The van der Waals surface area contributed by atoms with Crippen molar-refractivity contribution in [2.75, 3.05) is 11.4 Å². The van der Waals surface area contributed by atoms with Gasteiger partial charge in [-0.1, -0.05) is 37.0 Å². The monoisotopic (exact) mass is 568 g/mol. The van der Waals surface area contributed by atoms with E-state index in [1.54, 1.807) is 13.8 Å². The number of hydrogen-bond donors (Lipinski definition) is 2. The van der Waals surface area contributed by atoms with Crippen LogP contribution in [0, 0.1) is 17.2 Å². The lowest BCUT2D eigenvalue weighted by molar-refractivity contribution is -0.137. The number of amidine groups is 2. The van der Waals surface area contributed by atoms with Crippen LogP contribution in [0.2, 0.25) is 10.0 Å². The maximum absolute atomic E-state index is 13.9. The van der Waals surface area contributed by atoms with Crippen LogP contribution in [0.4, 0.5) is 45.2 Å². The van der Waals surface area contributed by atoms with Crippen LogP contribution in [0.1, 0.15) is 32.3 Å². The van der Waals surface area contributed by atoms with E-state index in [1.807, 2.05) is 0 Å². The molecule has 0 spiro atoms. The Hall–Kier alpha value is -2.15. The quantitative estimate of drug-likeness (QED) is 0.361. The summed E-state index contributed by atoms with van der Waals surface area (Å²) in [6.07, 6.45) is -15.5. The second kappa shape index (κ2) is 9.62. The van der Waals surface area contributed by atoms with Gasteiger partial charge in [-0.15, -0.1) is 0 Å². The van der Waals surface area contributed by atoms with Crippen LogP contribution in [0.3, 0.4) is 0 Å². The molecular weight excluding hydrogens is 550 g/mol. The van der Waals surface area contributed by atoms with Gasteiger partial charge in [-0.05, 0) is 36.8 Å². The molecule has 0 aromatic heterocycles. The fraction of sp³-hybridized carbons (Fsp3) is 0.524. The third-order valence-electron chi connectivity index (χ3n) is 5.99. The minimum Gasteiger partial charge on any atom is -0.332 e. The van der Waals surface area contributed by atoms with E-state index in [2.05, 4.69) is 4.99 Å². The molecule has 15 heteroatoms. The van der Waals surface area contributed by atoms with E-state index in [-0.39, 0.29) is 31.0 Å². The second-order valence-electron chi connectivity index (χ2n) is 8.73. The van der Waals surface area contributed by atoms with Crippen LogP contribution in [-0.4, -0.2) is 36.6 Å². The molecule has 2 aliphatic heterocycles. The number of halogens is 11. The van der Waals surface area contributed by atoms with Gasteiger partial charge in [0.1, 0.15) is 11.5 Å². The number of anilines is 1. The van der Waals surface area contributed by atoms with Crippen molar-refractivity contribution in [3.63, 3.8) is 0 Å². The third-order valence-corrected chi connectivity index (χ3v) is 6.57. The largest absolute Gasteiger partial charge is 0.449 e. The molecule has 2 atom stereocenters. The summed E-state index contributed by atoms with van der Waals surface area (Å²) in [5.74, 6) is -3.32. The third kappa shape index (κ3) is 5.71. The molecule has 36 heavy (non-hydrogen) atoms. The molecule has 1 fully saturated rings. The Morgan fingerprint density at radius 3 is 1.94 bits per heavy atom. The molecule has 2 aliphatic rings. The minimum atomic E-state index is -5.33. The van der Waals surface area contributed by atoms with E-state index < -0.39 is 69.0 Å². The zero-order valence-corrected chi connectivity index (χ0v) is 20.1. The number of hydrogen-bond acceptors (Lipinski definition) is 3. The zero-order chi connectivity index (χ0) is 27.4. The molecule has 3 rings (SSSR count). The van der Waals surface area contributed by atoms with Gasteiger partial charge >= 0.3 is 18.5 Å². The van der Waals surface area contributed by atoms with Crippen molar-refractivity contribution in [1.82, 2.24) is 5.32 Å². The first kappa shape index (κ1) is 28.4. The highest BCUT2D eigenvalue weighted by atomic mass is 35.5. The number of nitrogens with one attached hydrogen (secondary N) is 2. The Morgan fingerprint density at radius 2 is 1.50 bits per heavy atom. The highest BCUT2D eigenvalue weighted by Crippen LogP contribution is 2.44. The van der Waals surface area contributed by atoms with Crippen LogP contribution in [0.5, 0.6) is 0 Å². The molecule has 1 aromatic rings. The predicted molar refractivity (Wildman–Crippen MR) is 118 cm³/mol. The summed E-state index contributed by atoms with van der Waals surface area (Å²) in [6, 6.07) is -0.646. The molecule has 0 bridgehead atoms. The van der Waals surface area contributed by atoms with Gasteiger partial charge in [0.05, 0.1) is 27.3 Å². The molecule has 0 amide bonds. The van der Waals surface area contributed by atoms with Gasteiger partial charge in [0.15, 0.2) is 0 Å². The van der Waals surface area contributed by atoms with Gasteiger partial charge in [0.2, 0.25) is 5.84 Å². The fourth-order valence-corrected chi connectivity index (χ4v) is 4.82. The zero-order valence-electron chi connectivity index (χ0n) is 18.6. The Kier molecular flexibility index (Phi) is 7.60. The number of rotatable bonds is 2. The Bertz CT molecular complexity index is 1080. The van der Waals surface area contributed by atoms with Crippen molar-refractivity contribution in [2.24, 2.45) is 16.8 Å². The molecule has 0 aliphatic carbocycles. The number of allylic oxidation sites excluding steroid dienone is 1. The van der Waals surface area contributed by atoms with E-state index in [0.29, 0.717) is 12.1 Å². The molecule has 1 saturated heterocycles. The van der Waals surface area contributed by atoms with Gasteiger partial charge in [-0.25, -0.2) is 0 Å². The smallest absolute Gasteiger partial charge is 0.332 e. The van der Waals surface area contributed by atoms with Crippen molar-refractivity contribution in [3.8, 4) is 0 Å². The van der Waals surface area contributed by atoms with Crippen LogP contribution in [0.25, 0.3) is 0 Å². The normalized spacial score (nSPS) is 22.2. The summed E-state index contributed by atoms with van der Waals surface area (Å²) in [4.78, 5) is 4.36. The minimum absolute atomic E-state index is 0.116. The summed E-state index contributed by atoms with van der Waals surface area (Å²) < 4.78 is 121. The fourth-order valence-electron chi connectivity index (χ4n) is 4.13.